The first-order valence-corrected chi connectivity index (χ1v) is 10.9. The van der Waals surface area contributed by atoms with E-state index in [-0.39, 0.29) is 11.0 Å². The Morgan fingerprint density at radius 2 is 1.87 bits per heavy atom. The summed E-state index contributed by atoms with van der Waals surface area (Å²) in [6, 6.07) is 13.8. The Morgan fingerprint density at radius 1 is 1.16 bits per heavy atom. The van der Waals surface area contributed by atoms with E-state index >= 15 is 0 Å². The van der Waals surface area contributed by atoms with Crippen LogP contribution in [0.15, 0.2) is 42.5 Å². The summed E-state index contributed by atoms with van der Waals surface area (Å²) in [5.41, 5.74) is 4.30. The topological polar surface area (TPSA) is 70.4 Å². The molecule has 1 aliphatic rings. The first-order chi connectivity index (χ1) is 14.6. The Bertz CT molecular complexity index is 1100. The van der Waals surface area contributed by atoms with Gasteiger partial charge < -0.3 is 19.9 Å². The molecule has 3 aromatic rings. The van der Waals surface area contributed by atoms with Crippen LogP contribution < -0.4 is 10.2 Å². The second-order valence-electron chi connectivity index (χ2n) is 9.95. The third kappa shape index (κ3) is 4.38. The summed E-state index contributed by atoms with van der Waals surface area (Å²) in [6.07, 6.45) is 3.37. The molecule has 2 aromatic carbocycles. The first kappa shape index (κ1) is 21.2. The molecule has 1 saturated carbocycles. The van der Waals surface area contributed by atoms with Gasteiger partial charge in [0.1, 0.15) is 0 Å². The lowest BCUT2D eigenvalue weighted by Crippen LogP contribution is -2.29. The highest BCUT2D eigenvalue weighted by Crippen LogP contribution is 2.46. The molecule has 2 N–H and O–H groups in total. The molecule has 0 aliphatic heterocycles. The van der Waals surface area contributed by atoms with E-state index in [0.717, 1.165) is 35.7 Å². The van der Waals surface area contributed by atoms with Crippen LogP contribution in [-0.2, 0) is 0 Å². The molecule has 6 nitrogen and oxygen atoms in total. The zero-order chi connectivity index (χ0) is 22.3. The van der Waals surface area contributed by atoms with Crippen molar-refractivity contribution in [2.45, 2.75) is 46.1 Å². The van der Waals surface area contributed by atoms with Crippen molar-refractivity contribution >= 4 is 34.3 Å². The highest BCUT2D eigenvalue weighted by molar-refractivity contribution is 5.93. The number of rotatable bonds is 5. The van der Waals surface area contributed by atoms with Gasteiger partial charge in [-0.1, -0.05) is 20.8 Å². The van der Waals surface area contributed by atoms with Crippen molar-refractivity contribution in [1.29, 1.82) is 0 Å². The second-order valence-corrected chi connectivity index (χ2v) is 9.95. The van der Waals surface area contributed by atoms with Crippen LogP contribution in [0.5, 0.6) is 0 Å². The monoisotopic (exact) mass is 420 g/mol. The molecule has 0 unspecified atom stereocenters. The Kier molecular flexibility index (Phi) is 5.42. The summed E-state index contributed by atoms with van der Waals surface area (Å²) in [5.74, 6) is 0.458. The molecular weight excluding hydrogens is 388 g/mol. The maximum absolute atomic E-state index is 11.5. The van der Waals surface area contributed by atoms with Crippen molar-refractivity contribution in [2.75, 3.05) is 24.3 Å². The van der Waals surface area contributed by atoms with Crippen LogP contribution in [0.1, 0.15) is 56.4 Å². The minimum absolute atomic E-state index is 0.255. The van der Waals surface area contributed by atoms with Crippen LogP contribution in [0.2, 0.25) is 0 Å². The number of benzene rings is 2. The normalized spacial score (nSPS) is 20.5. The molecule has 1 aliphatic carbocycles. The van der Waals surface area contributed by atoms with E-state index in [1.54, 1.807) is 12.1 Å². The van der Waals surface area contributed by atoms with Crippen LogP contribution in [0.3, 0.4) is 0 Å². The van der Waals surface area contributed by atoms with E-state index in [0.29, 0.717) is 17.5 Å². The van der Waals surface area contributed by atoms with Crippen LogP contribution in [0, 0.1) is 11.3 Å². The Morgan fingerprint density at radius 3 is 2.48 bits per heavy atom. The van der Waals surface area contributed by atoms with Gasteiger partial charge in [-0.3, -0.25) is 0 Å². The minimum Gasteiger partial charge on any atom is -0.478 e. The Labute approximate surface area is 183 Å². The quantitative estimate of drug-likeness (QED) is 0.535. The fourth-order valence-corrected chi connectivity index (χ4v) is 5.15. The Balaban J connectivity index is 1.78. The number of carboxylic acids is 1. The maximum atomic E-state index is 11.5. The summed E-state index contributed by atoms with van der Waals surface area (Å²) in [7, 11) is 4.04. The van der Waals surface area contributed by atoms with Crippen molar-refractivity contribution in [2.24, 2.45) is 11.3 Å². The van der Waals surface area contributed by atoms with Gasteiger partial charge in [0.25, 0.3) is 0 Å². The summed E-state index contributed by atoms with van der Waals surface area (Å²) < 4.78 is 2.29. The van der Waals surface area contributed by atoms with Crippen molar-refractivity contribution < 1.29 is 9.90 Å². The van der Waals surface area contributed by atoms with Crippen molar-refractivity contribution in [3.63, 3.8) is 0 Å². The number of carbonyl (C=O) groups is 1. The van der Waals surface area contributed by atoms with E-state index in [2.05, 4.69) is 59.8 Å². The van der Waals surface area contributed by atoms with E-state index in [4.69, 9.17) is 4.98 Å². The van der Waals surface area contributed by atoms with Gasteiger partial charge in [-0.05, 0) is 73.1 Å². The zero-order valence-electron chi connectivity index (χ0n) is 19.0. The summed E-state index contributed by atoms with van der Waals surface area (Å²) in [4.78, 5) is 18.4. The molecule has 1 fully saturated rings. The van der Waals surface area contributed by atoms with Gasteiger partial charge in [0.05, 0.1) is 16.6 Å². The molecule has 0 radical (unpaired) electrons. The average molecular weight is 421 g/mol. The third-order valence-electron chi connectivity index (χ3n) is 6.31. The number of aromatic nitrogens is 2. The molecular formula is C25H32N4O2. The van der Waals surface area contributed by atoms with Crippen molar-refractivity contribution in [1.82, 2.24) is 9.55 Å². The maximum Gasteiger partial charge on any atom is 0.335 e. The van der Waals surface area contributed by atoms with Crippen LogP contribution in [-0.4, -0.2) is 34.7 Å². The predicted octanol–water partition coefficient (Wildman–Crippen LogP) is 5.93. The second kappa shape index (κ2) is 7.91. The highest BCUT2D eigenvalue weighted by atomic mass is 16.4. The number of imidazole rings is 1. The molecule has 1 aromatic heterocycles. The third-order valence-corrected chi connectivity index (χ3v) is 6.31. The molecule has 0 saturated heterocycles. The fraction of sp³-hybridized carbons (Fsp3) is 0.440. The average Bonchev–Trinajstić information content (AvgIpc) is 3.03. The van der Waals surface area contributed by atoms with Gasteiger partial charge in [0.2, 0.25) is 5.95 Å². The highest BCUT2D eigenvalue weighted by Gasteiger charge is 2.34. The minimum atomic E-state index is -0.933. The predicted molar refractivity (Wildman–Crippen MR) is 127 cm³/mol. The number of aromatic carboxylic acids is 1. The lowest BCUT2D eigenvalue weighted by atomic mass is 9.70. The largest absolute Gasteiger partial charge is 0.478 e. The van der Waals surface area contributed by atoms with Crippen LogP contribution in [0.25, 0.3) is 11.0 Å². The molecule has 0 bridgehead atoms. The molecule has 31 heavy (non-hydrogen) atoms. The Hall–Kier alpha value is -3.02. The van der Waals surface area contributed by atoms with Gasteiger partial charge in [-0.2, -0.15) is 0 Å². The van der Waals surface area contributed by atoms with Gasteiger partial charge in [-0.25, -0.2) is 9.78 Å². The van der Waals surface area contributed by atoms with E-state index in [1.807, 2.05) is 20.2 Å². The first-order valence-electron chi connectivity index (χ1n) is 10.9. The summed E-state index contributed by atoms with van der Waals surface area (Å²) >= 11 is 0. The van der Waals surface area contributed by atoms with Crippen LogP contribution in [0.4, 0.5) is 17.3 Å². The molecule has 0 spiro atoms. The van der Waals surface area contributed by atoms with E-state index < -0.39 is 5.97 Å². The molecule has 6 heteroatoms. The van der Waals surface area contributed by atoms with Crippen LogP contribution >= 0.6 is 0 Å². The number of carboxylic acid groups (broad SMARTS) is 1. The molecule has 0 amide bonds. The number of anilines is 3. The number of nitrogens with one attached hydrogen (secondary N) is 1. The zero-order valence-corrected chi connectivity index (χ0v) is 19.0. The molecule has 4 rings (SSSR count). The number of nitrogens with zero attached hydrogens (tertiary/aromatic N) is 3. The lowest BCUT2D eigenvalue weighted by Gasteiger charge is -2.40. The van der Waals surface area contributed by atoms with Gasteiger partial charge >= 0.3 is 5.97 Å². The summed E-state index contributed by atoms with van der Waals surface area (Å²) in [5, 5.41) is 12.9. The van der Waals surface area contributed by atoms with Gasteiger partial charge in [-0.15, -0.1) is 0 Å². The van der Waals surface area contributed by atoms with E-state index in [1.165, 1.54) is 6.42 Å². The van der Waals surface area contributed by atoms with Crippen molar-refractivity contribution in [3.8, 4) is 0 Å². The fourth-order valence-electron chi connectivity index (χ4n) is 5.15. The molecule has 1 heterocycles. The van der Waals surface area contributed by atoms with Gasteiger partial charge in [0, 0.05) is 31.5 Å². The number of hydrogen-bond donors (Lipinski definition) is 2. The number of hydrogen-bond acceptors (Lipinski definition) is 4. The number of fused-ring (bicyclic) bond motifs is 1. The van der Waals surface area contributed by atoms with E-state index in [9.17, 15) is 9.90 Å². The summed E-state index contributed by atoms with van der Waals surface area (Å²) in [6.45, 7) is 7.00. The lowest BCUT2D eigenvalue weighted by molar-refractivity contribution is 0.0697. The smallest absolute Gasteiger partial charge is 0.335 e. The molecule has 2 atom stereocenters. The van der Waals surface area contributed by atoms with Gasteiger partial charge in [0.15, 0.2) is 0 Å². The SMILES string of the molecule is C[C@@H]1C[C@@H](n2c(Nc3ccc(N(C)C)cc3)nc3cc(C(=O)O)ccc32)CC(C)(C)C1. The standard InChI is InChI=1S/C25H32N4O2/c1-16-12-20(15-25(2,3)14-16)29-22-11-6-17(23(30)31)13-21(22)27-24(29)26-18-7-9-19(10-8-18)28(4)5/h6-11,13,16,20H,12,14-15H2,1-5H3,(H,26,27)(H,30,31)/t16-,20-/m1/s1. The van der Waals surface area contributed by atoms with Crippen molar-refractivity contribution in [3.05, 3.63) is 48.0 Å². The molecule has 164 valence electrons.